The second-order valence-electron chi connectivity index (χ2n) is 7.21. The Labute approximate surface area is 167 Å². The van der Waals surface area contributed by atoms with Gasteiger partial charge in [-0.05, 0) is 36.6 Å². The first-order chi connectivity index (χ1) is 14.1. The molecule has 1 atom stereocenters. The second-order valence-corrected chi connectivity index (χ2v) is 7.21. The third-order valence-corrected chi connectivity index (χ3v) is 5.33. The summed E-state index contributed by atoms with van der Waals surface area (Å²) in [4.78, 5) is 26.4. The van der Waals surface area contributed by atoms with Crippen molar-refractivity contribution in [1.82, 2.24) is 24.5 Å². The number of carbonyl (C=O) groups excluding carboxylic acids is 1. The van der Waals surface area contributed by atoms with Crippen LogP contribution in [0.4, 0.5) is 4.39 Å². The highest BCUT2D eigenvalue weighted by atomic mass is 19.1. The van der Waals surface area contributed by atoms with Gasteiger partial charge in [0, 0.05) is 43.9 Å². The van der Waals surface area contributed by atoms with Crippen molar-refractivity contribution in [2.45, 2.75) is 31.7 Å². The minimum absolute atomic E-state index is 0.0677. The molecule has 0 spiro atoms. The molecule has 1 aliphatic heterocycles. The van der Waals surface area contributed by atoms with Crippen LogP contribution in [0.5, 0.6) is 0 Å². The SMILES string of the molecule is O=C(CCn1ccnn1)N1CCC[C@@H](c2ccc(-n3ccccc3=O)c(F)c2)C1. The number of amides is 1. The van der Waals surface area contributed by atoms with Gasteiger partial charge >= 0.3 is 0 Å². The molecule has 0 aliphatic carbocycles. The van der Waals surface area contributed by atoms with Gasteiger partial charge in [-0.2, -0.15) is 0 Å². The average Bonchev–Trinajstić information content (AvgIpc) is 3.26. The fourth-order valence-electron chi connectivity index (χ4n) is 3.79. The van der Waals surface area contributed by atoms with Gasteiger partial charge in [-0.25, -0.2) is 4.39 Å². The largest absolute Gasteiger partial charge is 0.342 e. The van der Waals surface area contributed by atoms with E-state index in [4.69, 9.17) is 0 Å². The predicted molar refractivity (Wildman–Crippen MR) is 105 cm³/mol. The maximum absolute atomic E-state index is 14.7. The Morgan fingerprint density at radius 2 is 2.10 bits per heavy atom. The number of hydrogen-bond donors (Lipinski definition) is 0. The molecule has 0 N–H and O–H groups in total. The van der Waals surface area contributed by atoms with Crippen molar-refractivity contribution in [3.05, 3.63) is 76.7 Å². The molecule has 1 aromatic carbocycles. The lowest BCUT2D eigenvalue weighted by atomic mass is 9.90. The van der Waals surface area contributed by atoms with Crippen LogP contribution in [0.15, 0.2) is 59.8 Å². The van der Waals surface area contributed by atoms with Crippen LogP contribution in [0.2, 0.25) is 0 Å². The summed E-state index contributed by atoms with van der Waals surface area (Å²) >= 11 is 0. The summed E-state index contributed by atoms with van der Waals surface area (Å²) < 4.78 is 17.7. The smallest absolute Gasteiger partial charge is 0.255 e. The zero-order chi connectivity index (χ0) is 20.2. The van der Waals surface area contributed by atoms with Gasteiger partial charge in [0.2, 0.25) is 5.91 Å². The summed E-state index contributed by atoms with van der Waals surface area (Å²) in [5.74, 6) is -0.293. The number of aryl methyl sites for hydroxylation is 1. The van der Waals surface area contributed by atoms with Crippen molar-refractivity contribution >= 4 is 5.91 Å². The molecule has 0 saturated carbocycles. The van der Waals surface area contributed by atoms with Gasteiger partial charge in [-0.1, -0.05) is 17.3 Å². The van der Waals surface area contributed by atoms with Crippen molar-refractivity contribution in [2.75, 3.05) is 13.1 Å². The molecule has 4 rings (SSSR count). The van der Waals surface area contributed by atoms with E-state index in [2.05, 4.69) is 10.3 Å². The van der Waals surface area contributed by atoms with Crippen LogP contribution in [-0.4, -0.2) is 43.5 Å². The predicted octanol–water partition coefficient (Wildman–Crippen LogP) is 2.36. The van der Waals surface area contributed by atoms with Crippen molar-refractivity contribution in [3.8, 4) is 5.69 Å². The van der Waals surface area contributed by atoms with Gasteiger partial charge in [0.1, 0.15) is 5.82 Å². The molecule has 7 nitrogen and oxygen atoms in total. The number of piperidine rings is 1. The summed E-state index contributed by atoms with van der Waals surface area (Å²) in [6.07, 6.45) is 7.01. The number of pyridine rings is 1. The fraction of sp³-hybridized carbons (Fsp3) is 0.333. The molecule has 1 fully saturated rings. The van der Waals surface area contributed by atoms with E-state index in [1.165, 1.54) is 16.7 Å². The molecule has 3 heterocycles. The van der Waals surface area contributed by atoms with E-state index in [9.17, 15) is 14.0 Å². The summed E-state index contributed by atoms with van der Waals surface area (Å²) in [5.41, 5.74) is 0.806. The van der Waals surface area contributed by atoms with E-state index in [-0.39, 0.29) is 23.1 Å². The highest BCUT2D eigenvalue weighted by Gasteiger charge is 2.25. The minimum Gasteiger partial charge on any atom is -0.342 e. The molecule has 0 unspecified atom stereocenters. The summed E-state index contributed by atoms with van der Waals surface area (Å²) in [6.45, 7) is 1.78. The quantitative estimate of drug-likeness (QED) is 0.665. The van der Waals surface area contributed by atoms with Crippen LogP contribution in [0.3, 0.4) is 0 Å². The second kappa shape index (κ2) is 8.38. The number of carbonyl (C=O) groups is 1. The van der Waals surface area contributed by atoms with E-state index in [0.717, 1.165) is 18.4 Å². The maximum Gasteiger partial charge on any atom is 0.255 e. The molecule has 150 valence electrons. The summed E-state index contributed by atoms with van der Waals surface area (Å²) in [7, 11) is 0. The lowest BCUT2D eigenvalue weighted by Gasteiger charge is -2.33. The van der Waals surface area contributed by atoms with Crippen LogP contribution in [0, 0.1) is 5.82 Å². The first-order valence-electron chi connectivity index (χ1n) is 9.71. The number of benzene rings is 1. The molecular weight excluding hydrogens is 373 g/mol. The third kappa shape index (κ3) is 4.26. The topological polar surface area (TPSA) is 73.0 Å². The Balaban J connectivity index is 1.45. The molecule has 3 aromatic rings. The van der Waals surface area contributed by atoms with Gasteiger partial charge in [0.15, 0.2) is 0 Å². The lowest BCUT2D eigenvalue weighted by Crippen LogP contribution is -2.39. The molecule has 1 aliphatic rings. The molecular formula is C21H22FN5O2. The number of rotatable bonds is 5. The molecule has 29 heavy (non-hydrogen) atoms. The highest BCUT2D eigenvalue weighted by Crippen LogP contribution is 2.29. The van der Waals surface area contributed by atoms with Gasteiger partial charge in [-0.15, -0.1) is 5.10 Å². The van der Waals surface area contributed by atoms with E-state index in [1.54, 1.807) is 41.5 Å². The van der Waals surface area contributed by atoms with E-state index in [1.807, 2.05) is 11.0 Å². The number of likely N-dealkylation sites (tertiary alicyclic amines) is 1. The molecule has 0 bridgehead atoms. The highest BCUT2D eigenvalue weighted by molar-refractivity contribution is 5.76. The minimum atomic E-state index is -0.439. The molecule has 0 radical (unpaired) electrons. The zero-order valence-corrected chi connectivity index (χ0v) is 15.9. The monoisotopic (exact) mass is 395 g/mol. The Hall–Kier alpha value is -3.29. The normalized spacial score (nSPS) is 16.7. The maximum atomic E-state index is 14.7. The first-order valence-corrected chi connectivity index (χ1v) is 9.71. The average molecular weight is 395 g/mol. The van der Waals surface area contributed by atoms with E-state index in [0.29, 0.717) is 26.1 Å². The van der Waals surface area contributed by atoms with Crippen molar-refractivity contribution < 1.29 is 9.18 Å². The lowest BCUT2D eigenvalue weighted by molar-refractivity contribution is -0.132. The molecule has 1 amide bonds. The standard InChI is InChI=1S/C21H22FN5O2/c22-18-14-16(6-7-19(18)27-11-2-1-5-21(27)29)17-4-3-10-25(15-17)20(28)8-12-26-13-9-23-24-26/h1-2,5-7,9,11,13-14,17H,3-4,8,10,12,15H2/t17-/m1/s1. The van der Waals surface area contributed by atoms with Gasteiger partial charge < -0.3 is 4.90 Å². The number of nitrogens with zero attached hydrogens (tertiary/aromatic N) is 5. The molecule has 8 heteroatoms. The summed E-state index contributed by atoms with van der Waals surface area (Å²) in [5, 5.41) is 7.61. The van der Waals surface area contributed by atoms with Crippen molar-refractivity contribution in [3.63, 3.8) is 0 Å². The van der Waals surface area contributed by atoms with Gasteiger partial charge in [-0.3, -0.25) is 18.8 Å². The van der Waals surface area contributed by atoms with Crippen LogP contribution >= 0.6 is 0 Å². The van der Waals surface area contributed by atoms with Crippen molar-refractivity contribution in [1.29, 1.82) is 0 Å². The molecule has 1 saturated heterocycles. The number of halogens is 1. The van der Waals surface area contributed by atoms with E-state index >= 15 is 0 Å². The Morgan fingerprint density at radius 3 is 2.86 bits per heavy atom. The Kier molecular flexibility index (Phi) is 5.50. The number of aromatic nitrogens is 4. The van der Waals surface area contributed by atoms with Crippen LogP contribution in [0.25, 0.3) is 5.69 Å². The van der Waals surface area contributed by atoms with Gasteiger partial charge in [0.25, 0.3) is 5.56 Å². The first kappa shape index (κ1) is 19.0. The zero-order valence-electron chi connectivity index (χ0n) is 15.9. The van der Waals surface area contributed by atoms with Crippen LogP contribution in [0.1, 0.15) is 30.7 Å². The Bertz CT molecular complexity index is 1050. The van der Waals surface area contributed by atoms with Crippen molar-refractivity contribution in [2.24, 2.45) is 0 Å². The fourth-order valence-corrected chi connectivity index (χ4v) is 3.79. The number of hydrogen-bond acceptors (Lipinski definition) is 4. The summed E-state index contributed by atoms with van der Waals surface area (Å²) in [6, 6.07) is 9.70. The van der Waals surface area contributed by atoms with Crippen LogP contribution in [-0.2, 0) is 11.3 Å². The van der Waals surface area contributed by atoms with Gasteiger partial charge in [0.05, 0.1) is 18.4 Å². The third-order valence-electron chi connectivity index (χ3n) is 5.33. The van der Waals surface area contributed by atoms with E-state index < -0.39 is 5.82 Å². The Morgan fingerprint density at radius 1 is 1.21 bits per heavy atom. The van der Waals surface area contributed by atoms with Crippen LogP contribution < -0.4 is 5.56 Å². The molecule has 2 aromatic heterocycles.